The van der Waals surface area contributed by atoms with Crippen molar-refractivity contribution in [1.82, 2.24) is 0 Å². The molecule has 0 aliphatic rings. The monoisotopic (exact) mass is 376 g/mol. The molecule has 0 aliphatic carbocycles. The largest absolute Gasteiger partial charge is 0.493 e. The first-order chi connectivity index (χ1) is 13.5. The molecule has 5 nitrogen and oxygen atoms in total. The van der Waals surface area contributed by atoms with E-state index in [9.17, 15) is 4.79 Å². The Labute approximate surface area is 165 Å². The van der Waals surface area contributed by atoms with Crippen molar-refractivity contribution in [2.45, 2.75) is 13.8 Å². The molecule has 2 N–H and O–H groups in total. The smallest absolute Gasteiger partial charge is 0.257 e. The lowest BCUT2D eigenvalue weighted by atomic mass is 10.1. The van der Waals surface area contributed by atoms with E-state index in [4.69, 9.17) is 9.47 Å². The van der Waals surface area contributed by atoms with Crippen molar-refractivity contribution in [3.8, 4) is 11.5 Å². The zero-order valence-electron chi connectivity index (χ0n) is 16.5. The van der Waals surface area contributed by atoms with Gasteiger partial charge in [-0.25, -0.2) is 0 Å². The van der Waals surface area contributed by atoms with Crippen LogP contribution in [0.1, 0.15) is 21.5 Å². The third-order valence-corrected chi connectivity index (χ3v) is 4.69. The predicted octanol–water partition coefficient (Wildman–Crippen LogP) is 5.32. The van der Waals surface area contributed by atoms with Crippen molar-refractivity contribution >= 4 is 23.0 Å². The first-order valence-corrected chi connectivity index (χ1v) is 8.99. The third-order valence-electron chi connectivity index (χ3n) is 4.69. The van der Waals surface area contributed by atoms with Crippen LogP contribution in [0.4, 0.5) is 17.1 Å². The lowest BCUT2D eigenvalue weighted by molar-refractivity contribution is 0.102. The van der Waals surface area contributed by atoms with Crippen molar-refractivity contribution in [3.63, 3.8) is 0 Å². The van der Waals surface area contributed by atoms with Crippen LogP contribution in [0.2, 0.25) is 0 Å². The van der Waals surface area contributed by atoms with Gasteiger partial charge in [0.15, 0.2) is 11.5 Å². The zero-order chi connectivity index (χ0) is 20.1. The molecule has 144 valence electrons. The van der Waals surface area contributed by atoms with Crippen molar-refractivity contribution in [2.75, 3.05) is 24.9 Å². The van der Waals surface area contributed by atoms with Gasteiger partial charge in [-0.15, -0.1) is 0 Å². The van der Waals surface area contributed by atoms with E-state index in [2.05, 4.69) is 30.5 Å². The van der Waals surface area contributed by atoms with Crippen LogP contribution in [-0.2, 0) is 0 Å². The van der Waals surface area contributed by atoms with Gasteiger partial charge in [-0.05, 0) is 55.3 Å². The molecule has 3 aromatic carbocycles. The summed E-state index contributed by atoms with van der Waals surface area (Å²) in [7, 11) is 3.14. The first kappa shape index (κ1) is 19.3. The SMILES string of the molecule is COc1ccc(NC(=O)c2ccccc2Nc2cccc(C)c2C)cc1OC. The van der Waals surface area contributed by atoms with Gasteiger partial charge < -0.3 is 20.1 Å². The summed E-state index contributed by atoms with van der Waals surface area (Å²) in [5.41, 5.74) is 5.25. The Morgan fingerprint density at radius 3 is 2.29 bits per heavy atom. The van der Waals surface area contributed by atoms with Crippen molar-refractivity contribution in [1.29, 1.82) is 0 Å². The van der Waals surface area contributed by atoms with Gasteiger partial charge >= 0.3 is 0 Å². The van der Waals surface area contributed by atoms with E-state index >= 15 is 0 Å². The molecule has 0 aliphatic heterocycles. The maximum absolute atomic E-state index is 12.9. The topological polar surface area (TPSA) is 59.6 Å². The molecule has 0 saturated carbocycles. The highest BCUT2D eigenvalue weighted by molar-refractivity contribution is 6.08. The van der Waals surface area contributed by atoms with Crippen LogP contribution in [0.3, 0.4) is 0 Å². The number of carbonyl (C=O) groups excluding carboxylic acids is 1. The predicted molar refractivity (Wildman–Crippen MR) is 113 cm³/mol. The fourth-order valence-corrected chi connectivity index (χ4v) is 2.93. The lowest BCUT2D eigenvalue weighted by Gasteiger charge is -2.15. The van der Waals surface area contributed by atoms with Crippen LogP contribution in [0.15, 0.2) is 60.7 Å². The first-order valence-electron chi connectivity index (χ1n) is 8.99. The maximum atomic E-state index is 12.9. The summed E-state index contributed by atoms with van der Waals surface area (Å²) in [5.74, 6) is 0.959. The minimum atomic E-state index is -0.208. The Bertz CT molecular complexity index is 999. The van der Waals surface area contributed by atoms with E-state index in [0.717, 1.165) is 16.9 Å². The molecular formula is C23H24N2O3. The van der Waals surface area contributed by atoms with Gasteiger partial charge in [0, 0.05) is 17.4 Å². The minimum Gasteiger partial charge on any atom is -0.493 e. The fraction of sp³-hybridized carbons (Fsp3) is 0.174. The second kappa shape index (κ2) is 8.48. The summed E-state index contributed by atoms with van der Waals surface area (Å²) in [6.07, 6.45) is 0. The van der Waals surface area contributed by atoms with Crippen LogP contribution in [0.25, 0.3) is 0 Å². The Morgan fingerprint density at radius 2 is 1.54 bits per heavy atom. The van der Waals surface area contributed by atoms with Crippen molar-refractivity contribution in [3.05, 3.63) is 77.4 Å². The number of anilines is 3. The average Bonchev–Trinajstić information content (AvgIpc) is 2.71. The van der Waals surface area contributed by atoms with E-state index in [-0.39, 0.29) is 5.91 Å². The molecule has 1 amide bonds. The molecule has 0 radical (unpaired) electrons. The van der Waals surface area contributed by atoms with Gasteiger partial charge in [-0.1, -0.05) is 24.3 Å². The molecule has 0 aromatic heterocycles. The number of aryl methyl sites for hydroxylation is 1. The highest BCUT2D eigenvalue weighted by Crippen LogP contribution is 2.31. The van der Waals surface area contributed by atoms with E-state index < -0.39 is 0 Å². The number of ether oxygens (including phenoxy) is 2. The van der Waals surface area contributed by atoms with Crippen LogP contribution >= 0.6 is 0 Å². The number of hydrogen-bond donors (Lipinski definition) is 2. The zero-order valence-corrected chi connectivity index (χ0v) is 16.5. The minimum absolute atomic E-state index is 0.208. The number of amides is 1. The Hall–Kier alpha value is -3.47. The average molecular weight is 376 g/mol. The number of methoxy groups -OCH3 is 2. The molecule has 28 heavy (non-hydrogen) atoms. The van der Waals surface area contributed by atoms with Gasteiger partial charge in [-0.3, -0.25) is 4.79 Å². The van der Waals surface area contributed by atoms with Gasteiger partial charge in [0.25, 0.3) is 5.91 Å². The maximum Gasteiger partial charge on any atom is 0.257 e. The van der Waals surface area contributed by atoms with Crippen LogP contribution in [-0.4, -0.2) is 20.1 Å². The van der Waals surface area contributed by atoms with Gasteiger partial charge in [0.05, 0.1) is 25.5 Å². The van der Waals surface area contributed by atoms with Gasteiger partial charge in [-0.2, -0.15) is 0 Å². The number of carbonyl (C=O) groups is 1. The van der Waals surface area contributed by atoms with E-state index in [1.54, 1.807) is 38.5 Å². The highest BCUT2D eigenvalue weighted by atomic mass is 16.5. The summed E-state index contributed by atoms with van der Waals surface area (Å²) >= 11 is 0. The molecule has 0 bridgehead atoms. The standard InChI is InChI=1S/C23H24N2O3/c1-15-8-7-11-19(16(15)2)25-20-10-6-5-9-18(20)23(26)24-17-12-13-21(27-3)22(14-17)28-4/h5-14,25H,1-4H3,(H,24,26). The molecule has 0 fully saturated rings. The molecule has 5 heteroatoms. The van der Waals surface area contributed by atoms with Crippen LogP contribution < -0.4 is 20.1 Å². The van der Waals surface area contributed by atoms with Crippen LogP contribution in [0, 0.1) is 13.8 Å². The van der Waals surface area contributed by atoms with Crippen LogP contribution in [0.5, 0.6) is 11.5 Å². The molecule has 3 aromatic rings. The highest BCUT2D eigenvalue weighted by Gasteiger charge is 2.14. The summed E-state index contributed by atoms with van der Waals surface area (Å²) < 4.78 is 10.5. The number of nitrogens with one attached hydrogen (secondary N) is 2. The molecule has 0 unspecified atom stereocenters. The van der Waals surface area contributed by atoms with Crippen molar-refractivity contribution in [2.24, 2.45) is 0 Å². The summed E-state index contributed by atoms with van der Waals surface area (Å²) in [6, 6.07) is 18.8. The third kappa shape index (κ3) is 4.09. The summed E-state index contributed by atoms with van der Waals surface area (Å²) in [4.78, 5) is 12.9. The lowest BCUT2D eigenvalue weighted by Crippen LogP contribution is -2.14. The number of benzene rings is 3. The Balaban J connectivity index is 1.86. The molecule has 0 atom stereocenters. The van der Waals surface area contributed by atoms with Gasteiger partial charge in [0.2, 0.25) is 0 Å². The van der Waals surface area contributed by atoms with Crippen molar-refractivity contribution < 1.29 is 14.3 Å². The summed E-state index contributed by atoms with van der Waals surface area (Å²) in [6.45, 7) is 4.13. The van der Waals surface area contributed by atoms with E-state index in [0.29, 0.717) is 22.7 Å². The number of hydrogen-bond acceptors (Lipinski definition) is 4. The Morgan fingerprint density at radius 1 is 0.821 bits per heavy atom. The van der Waals surface area contributed by atoms with E-state index in [1.807, 2.05) is 30.3 Å². The Kier molecular flexibility index (Phi) is 5.84. The molecule has 0 spiro atoms. The second-order valence-corrected chi connectivity index (χ2v) is 6.44. The number of para-hydroxylation sites is 1. The van der Waals surface area contributed by atoms with Gasteiger partial charge in [0.1, 0.15) is 0 Å². The normalized spacial score (nSPS) is 10.3. The molecular weight excluding hydrogens is 352 g/mol. The molecule has 3 rings (SSSR count). The number of rotatable bonds is 6. The molecule has 0 heterocycles. The second-order valence-electron chi connectivity index (χ2n) is 6.44. The fourth-order valence-electron chi connectivity index (χ4n) is 2.93. The summed E-state index contributed by atoms with van der Waals surface area (Å²) in [5, 5.41) is 6.31. The van der Waals surface area contributed by atoms with E-state index in [1.165, 1.54) is 5.56 Å². The quantitative estimate of drug-likeness (QED) is 0.611. The molecule has 0 saturated heterocycles.